The van der Waals surface area contributed by atoms with Crippen LogP contribution in [0.3, 0.4) is 0 Å². The zero-order chi connectivity index (χ0) is 12.6. The van der Waals surface area contributed by atoms with Crippen LogP contribution in [0.2, 0.25) is 0 Å². The van der Waals surface area contributed by atoms with Crippen LogP contribution in [0.1, 0.15) is 37.2 Å². The van der Waals surface area contributed by atoms with Crippen LogP contribution in [-0.2, 0) is 4.79 Å². The lowest BCUT2D eigenvalue weighted by atomic mass is 9.69. The average molecular weight is 244 g/mol. The second-order valence-electron chi connectivity index (χ2n) is 5.09. The number of nitrogens with one attached hydrogen (secondary N) is 2. The number of urea groups is 1. The van der Waals surface area contributed by atoms with E-state index in [9.17, 15) is 9.59 Å². The van der Waals surface area contributed by atoms with E-state index in [1.54, 1.807) is 0 Å². The first-order valence-electron chi connectivity index (χ1n) is 6.41. The van der Waals surface area contributed by atoms with Crippen molar-refractivity contribution in [2.45, 2.75) is 37.1 Å². The summed E-state index contributed by atoms with van der Waals surface area (Å²) >= 11 is 0. The molecule has 2 N–H and O–H groups in total. The first-order valence-corrected chi connectivity index (χ1v) is 6.41. The third-order valence-corrected chi connectivity index (χ3v) is 4.08. The second-order valence-corrected chi connectivity index (χ2v) is 5.09. The van der Waals surface area contributed by atoms with Gasteiger partial charge in [-0.05, 0) is 18.4 Å². The van der Waals surface area contributed by atoms with Crippen LogP contribution >= 0.6 is 0 Å². The predicted molar refractivity (Wildman–Crippen MR) is 67.1 cm³/mol. The number of benzene rings is 1. The summed E-state index contributed by atoms with van der Waals surface area (Å²) < 4.78 is 0. The lowest BCUT2D eigenvalue weighted by molar-refractivity contribution is -0.125. The SMILES string of the molecule is O=C1NC(=O)[C@@]2(CCCC[C@H]2c2ccccc2)N1. The van der Waals surface area contributed by atoms with Gasteiger partial charge in [-0.3, -0.25) is 10.1 Å². The van der Waals surface area contributed by atoms with Crippen LogP contribution in [0, 0.1) is 0 Å². The maximum absolute atomic E-state index is 12.2. The van der Waals surface area contributed by atoms with E-state index in [0.29, 0.717) is 0 Å². The summed E-state index contributed by atoms with van der Waals surface area (Å²) in [5.74, 6) is -0.0834. The van der Waals surface area contributed by atoms with E-state index < -0.39 is 5.54 Å². The first kappa shape index (κ1) is 11.3. The number of imide groups is 1. The summed E-state index contributed by atoms with van der Waals surface area (Å²) in [6, 6.07) is 9.64. The second kappa shape index (κ2) is 4.12. The smallest absolute Gasteiger partial charge is 0.322 e. The molecular weight excluding hydrogens is 228 g/mol. The first-order chi connectivity index (χ1) is 8.72. The topological polar surface area (TPSA) is 58.2 Å². The minimum absolute atomic E-state index is 0.0823. The fourth-order valence-electron chi connectivity index (χ4n) is 3.24. The number of amides is 3. The minimum atomic E-state index is -0.726. The summed E-state index contributed by atoms with van der Waals surface area (Å²) in [4.78, 5) is 23.6. The number of rotatable bonds is 1. The molecule has 1 saturated heterocycles. The standard InChI is InChI=1S/C14H16N2O2/c17-12-14(16-13(18)15-12)9-5-4-8-11(14)10-6-2-1-3-7-10/h1-3,6-7,11H,4-5,8-9H2,(H2,15,16,17,18)/t11-,14-/m0/s1. The molecule has 18 heavy (non-hydrogen) atoms. The van der Waals surface area contributed by atoms with Crippen molar-refractivity contribution in [3.8, 4) is 0 Å². The molecule has 3 rings (SSSR count). The van der Waals surface area contributed by atoms with Gasteiger partial charge in [-0.15, -0.1) is 0 Å². The van der Waals surface area contributed by atoms with Crippen molar-refractivity contribution in [1.82, 2.24) is 10.6 Å². The average Bonchev–Trinajstić information content (AvgIpc) is 2.66. The molecule has 1 aromatic carbocycles. The molecule has 0 bridgehead atoms. The molecule has 1 saturated carbocycles. The Morgan fingerprint density at radius 1 is 1.11 bits per heavy atom. The van der Waals surface area contributed by atoms with Crippen molar-refractivity contribution in [2.75, 3.05) is 0 Å². The highest BCUT2D eigenvalue weighted by Gasteiger charge is 2.52. The largest absolute Gasteiger partial charge is 0.323 e. The van der Waals surface area contributed by atoms with Gasteiger partial charge in [-0.1, -0.05) is 43.2 Å². The molecule has 94 valence electrons. The third-order valence-electron chi connectivity index (χ3n) is 4.08. The highest BCUT2D eigenvalue weighted by Crippen LogP contribution is 2.42. The summed E-state index contributed by atoms with van der Waals surface area (Å²) in [6.07, 6.45) is 3.75. The Bertz CT molecular complexity index is 486. The summed E-state index contributed by atoms with van der Waals surface area (Å²) in [5.41, 5.74) is 0.408. The van der Waals surface area contributed by atoms with Gasteiger partial charge in [-0.25, -0.2) is 4.79 Å². The number of hydrogen-bond donors (Lipinski definition) is 2. The highest BCUT2D eigenvalue weighted by atomic mass is 16.2. The number of carbonyl (C=O) groups is 2. The molecule has 1 aliphatic heterocycles. The van der Waals surface area contributed by atoms with Crippen molar-refractivity contribution >= 4 is 11.9 Å². The lowest BCUT2D eigenvalue weighted by Gasteiger charge is -2.38. The van der Waals surface area contributed by atoms with Crippen molar-refractivity contribution in [3.63, 3.8) is 0 Å². The molecule has 4 heteroatoms. The summed E-state index contributed by atoms with van der Waals surface area (Å²) in [7, 11) is 0. The molecule has 1 heterocycles. The van der Waals surface area contributed by atoms with Crippen LogP contribution in [-0.4, -0.2) is 17.5 Å². The molecule has 2 atom stereocenters. The maximum Gasteiger partial charge on any atom is 0.322 e. The van der Waals surface area contributed by atoms with Crippen molar-refractivity contribution in [2.24, 2.45) is 0 Å². The molecule has 0 aromatic heterocycles. The van der Waals surface area contributed by atoms with E-state index in [-0.39, 0.29) is 17.9 Å². The lowest BCUT2D eigenvalue weighted by Crippen LogP contribution is -2.53. The monoisotopic (exact) mass is 244 g/mol. The predicted octanol–water partition coefficient (Wildman–Crippen LogP) is 1.92. The van der Waals surface area contributed by atoms with E-state index in [1.165, 1.54) is 0 Å². The maximum atomic E-state index is 12.2. The van der Waals surface area contributed by atoms with E-state index in [2.05, 4.69) is 10.6 Å². The quantitative estimate of drug-likeness (QED) is 0.741. The van der Waals surface area contributed by atoms with Gasteiger partial charge in [0.25, 0.3) is 5.91 Å². The fourth-order valence-corrected chi connectivity index (χ4v) is 3.24. The van der Waals surface area contributed by atoms with Crippen molar-refractivity contribution in [3.05, 3.63) is 35.9 Å². The molecule has 4 nitrogen and oxygen atoms in total. The van der Waals surface area contributed by atoms with E-state index in [1.807, 2.05) is 30.3 Å². The number of hydrogen-bond acceptors (Lipinski definition) is 2. The van der Waals surface area contributed by atoms with Gasteiger partial charge < -0.3 is 5.32 Å². The van der Waals surface area contributed by atoms with Crippen LogP contribution in [0.5, 0.6) is 0 Å². The zero-order valence-corrected chi connectivity index (χ0v) is 10.1. The Morgan fingerprint density at radius 3 is 2.56 bits per heavy atom. The molecule has 0 radical (unpaired) electrons. The van der Waals surface area contributed by atoms with Gasteiger partial charge >= 0.3 is 6.03 Å². The van der Waals surface area contributed by atoms with Crippen molar-refractivity contribution < 1.29 is 9.59 Å². The minimum Gasteiger partial charge on any atom is -0.323 e. The Kier molecular flexibility index (Phi) is 2.58. The molecule has 2 fully saturated rings. The summed E-state index contributed by atoms with van der Waals surface area (Å²) in [5, 5.41) is 5.26. The Morgan fingerprint density at radius 2 is 1.89 bits per heavy atom. The van der Waals surface area contributed by atoms with E-state index in [0.717, 1.165) is 31.2 Å². The van der Waals surface area contributed by atoms with Gasteiger partial charge in [-0.2, -0.15) is 0 Å². The Hall–Kier alpha value is -1.84. The van der Waals surface area contributed by atoms with Gasteiger partial charge in [0.2, 0.25) is 0 Å². The zero-order valence-electron chi connectivity index (χ0n) is 10.1. The Balaban J connectivity index is 2.01. The molecular formula is C14H16N2O2. The molecule has 1 aliphatic carbocycles. The Labute approximate surface area is 106 Å². The van der Waals surface area contributed by atoms with Crippen LogP contribution in [0.25, 0.3) is 0 Å². The van der Waals surface area contributed by atoms with Crippen molar-refractivity contribution in [1.29, 1.82) is 0 Å². The molecule has 3 amide bonds. The van der Waals surface area contributed by atoms with Gasteiger partial charge in [0, 0.05) is 5.92 Å². The van der Waals surface area contributed by atoms with Gasteiger partial charge in [0.15, 0.2) is 0 Å². The van der Waals surface area contributed by atoms with E-state index >= 15 is 0 Å². The summed E-state index contributed by atoms with van der Waals surface area (Å²) in [6.45, 7) is 0. The molecule has 2 aliphatic rings. The fraction of sp³-hybridized carbons (Fsp3) is 0.429. The van der Waals surface area contributed by atoms with Gasteiger partial charge in [0.05, 0.1) is 0 Å². The molecule has 1 aromatic rings. The molecule has 1 spiro atoms. The van der Waals surface area contributed by atoms with Crippen LogP contribution in [0.15, 0.2) is 30.3 Å². The highest BCUT2D eigenvalue weighted by molar-refractivity contribution is 6.07. The molecule has 0 unspecified atom stereocenters. The number of carbonyl (C=O) groups excluding carboxylic acids is 2. The van der Waals surface area contributed by atoms with Crippen LogP contribution < -0.4 is 10.6 Å². The van der Waals surface area contributed by atoms with Crippen LogP contribution in [0.4, 0.5) is 4.79 Å². The normalized spacial score (nSPS) is 31.2. The van der Waals surface area contributed by atoms with Gasteiger partial charge in [0.1, 0.15) is 5.54 Å². The van der Waals surface area contributed by atoms with E-state index in [4.69, 9.17) is 0 Å². The third kappa shape index (κ3) is 1.60.